The summed E-state index contributed by atoms with van der Waals surface area (Å²) in [6.07, 6.45) is 1.28. The van der Waals surface area contributed by atoms with Gasteiger partial charge in [0, 0.05) is 32.7 Å². The first-order valence-electron chi connectivity index (χ1n) is 7.80. The maximum atomic E-state index is 13.2. The SMILES string of the molecule is COCC(=O)N1CCC(C(=O)NCc2cc(F)ccc2C)CC1. The largest absolute Gasteiger partial charge is 0.375 e. The van der Waals surface area contributed by atoms with Crippen LogP contribution in [0.5, 0.6) is 0 Å². The van der Waals surface area contributed by atoms with Crippen LogP contribution in [0.25, 0.3) is 0 Å². The molecule has 23 heavy (non-hydrogen) atoms. The van der Waals surface area contributed by atoms with E-state index in [0.717, 1.165) is 11.1 Å². The van der Waals surface area contributed by atoms with E-state index in [9.17, 15) is 14.0 Å². The molecule has 0 radical (unpaired) electrons. The molecule has 2 rings (SSSR count). The Bertz CT molecular complexity index is 569. The molecule has 0 aliphatic carbocycles. The van der Waals surface area contributed by atoms with Crippen LogP contribution in [0.4, 0.5) is 4.39 Å². The van der Waals surface area contributed by atoms with E-state index in [1.165, 1.54) is 19.2 Å². The number of nitrogens with zero attached hydrogens (tertiary/aromatic N) is 1. The number of halogens is 1. The molecule has 0 spiro atoms. The van der Waals surface area contributed by atoms with E-state index in [-0.39, 0.29) is 30.2 Å². The highest BCUT2D eigenvalue weighted by Crippen LogP contribution is 2.18. The van der Waals surface area contributed by atoms with Crippen LogP contribution in [0.2, 0.25) is 0 Å². The number of hydrogen-bond donors (Lipinski definition) is 1. The van der Waals surface area contributed by atoms with Gasteiger partial charge in [0.1, 0.15) is 12.4 Å². The Morgan fingerprint density at radius 1 is 1.35 bits per heavy atom. The second-order valence-electron chi connectivity index (χ2n) is 5.88. The summed E-state index contributed by atoms with van der Waals surface area (Å²) in [6.45, 7) is 3.43. The van der Waals surface area contributed by atoms with Crippen molar-refractivity contribution >= 4 is 11.8 Å². The number of rotatable bonds is 5. The van der Waals surface area contributed by atoms with E-state index >= 15 is 0 Å². The van der Waals surface area contributed by atoms with Crippen LogP contribution in [0.3, 0.4) is 0 Å². The molecule has 1 N–H and O–H groups in total. The minimum atomic E-state index is -0.301. The van der Waals surface area contributed by atoms with E-state index in [4.69, 9.17) is 4.74 Å². The fourth-order valence-electron chi connectivity index (χ4n) is 2.76. The first kappa shape index (κ1) is 17.4. The summed E-state index contributed by atoms with van der Waals surface area (Å²) in [5.41, 5.74) is 1.73. The third-order valence-electron chi connectivity index (χ3n) is 4.25. The average Bonchev–Trinajstić information content (AvgIpc) is 2.55. The lowest BCUT2D eigenvalue weighted by Gasteiger charge is -2.31. The molecule has 1 fully saturated rings. The van der Waals surface area contributed by atoms with Crippen molar-refractivity contribution in [3.05, 3.63) is 35.1 Å². The summed E-state index contributed by atoms with van der Waals surface area (Å²) >= 11 is 0. The Morgan fingerprint density at radius 3 is 2.70 bits per heavy atom. The highest BCUT2D eigenvalue weighted by molar-refractivity contribution is 5.80. The van der Waals surface area contributed by atoms with Crippen LogP contribution in [0, 0.1) is 18.7 Å². The summed E-state index contributed by atoms with van der Waals surface area (Å²) in [5, 5.41) is 2.87. The maximum absolute atomic E-state index is 13.2. The first-order valence-corrected chi connectivity index (χ1v) is 7.80. The van der Waals surface area contributed by atoms with E-state index in [1.54, 1.807) is 11.0 Å². The Balaban J connectivity index is 1.81. The van der Waals surface area contributed by atoms with Crippen molar-refractivity contribution in [3.63, 3.8) is 0 Å². The molecule has 6 heteroatoms. The van der Waals surface area contributed by atoms with Gasteiger partial charge in [0.2, 0.25) is 11.8 Å². The monoisotopic (exact) mass is 322 g/mol. The van der Waals surface area contributed by atoms with Crippen LogP contribution in [0.1, 0.15) is 24.0 Å². The second kappa shape index (κ2) is 8.06. The third kappa shape index (κ3) is 4.76. The van der Waals surface area contributed by atoms with E-state index < -0.39 is 0 Å². The van der Waals surface area contributed by atoms with Crippen molar-refractivity contribution in [3.8, 4) is 0 Å². The molecule has 0 saturated carbocycles. The Morgan fingerprint density at radius 2 is 2.04 bits per heavy atom. The lowest BCUT2D eigenvalue weighted by molar-refractivity contribution is -0.138. The van der Waals surface area contributed by atoms with Crippen molar-refractivity contribution in [1.29, 1.82) is 0 Å². The van der Waals surface area contributed by atoms with Crippen molar-refractivity contribution in [2.24, 2.45) is 5.92 Å². The smallest absolute Gasteiger partial charge is 0.248 e. The average molecular weight is 322 g/mol. The normalized spacial score (nSPS) is 15.5. The standard InChI is InChI=1S/C17H23FN2O3/c1-12-3-4-15(18)9-14(12)10-19-17(22)13-5-7-20(8-6-13)16(21)11-23-2/h3-4,9,13H,5-8,10-11H2,1-2H3,(H,19,22). The van der Waals surface area contributed by atoms with Crippen LogP contribution < -0.4 is 5.32 Å². The molecule has 1 aliphatic heterocycles. The number of carbonyl (C=O) groups excluding carboxylic acids is 2. The number of ether oxygens (including phenoxy) is 1. The fourth-order valence-corrected chi connectivity index (χ4v) is 2.76. The van der Waals surface area contributed by atoms with Crippen molar-refractivity contribution in [2.75, 3.05) is 26.8 Å². The number of likely N-dealkylation sites (tertiary alicyclic amines) is 1. The van der Waals surface area contributed by atoms with Crippen LogP contribution in [0.15, 0.2) is 18.2 Å². The number of carbonyl (C=O) groups is 2. The second-order valence-corrected chi connectivity index (χ2v) is 5.88. The van der Waals surface area contributed by atoms with Crippen LogP contribution >= 0.6 is 0 Å². The number of piperidine rings is 1. The van der Waals surface area contributed by atoms with Gasteiger partial charge < -0.3 is 15.0 Å². The molecule has 126 valence electrons. The molecule has 5 nitrogen and oxygen atoms in total. The van der Waals surface area contributed by atoms with Gasteiger partial charge in [0.25, 0.3) is 0 Å². The molecule has 1 aromatic carbocycles. The molecule has 1 saturated heterocycles. The van der Waals surface area contributed by atoms with Gasteiger partial charge >= 0.3 is 0 Å². The van der Waals surface area contributed by atoms with Crippen molar-refractivity contribution in [2.45, 2.75) is 26.3 Å². The molecule has 0 unspecified atom stereocenters. The van der Waals surface area contributed by atoms with E-state index in [1.807, 2.05) is 6.92 Å². The fraction of sp³-hybridized carbons (Fsp3) is 0.529. The number of nitrogens with one attached hydrogen (secondary N) is 1. The number of aryl methyl sites for hydroxylation is 1. The molecular weight excluding hydrogens is 299 g/mol. The Kier molecular flexibility index (Phi) is 6.10. The molecule has 1 heterocycles. The lowest BCUT2D eigenvalue weighted by Crippen LogP contribution is -2.44. The molecule has 0 atom stereocenters. The Labute approximate surface area is 135 Å². The van der Waals surface area contributed by atoms with Gasteiger partial charge in [-0.1, -0.05) is 6.07 Å². The number of benzene rings is 1. The zero-order chi connectivity index (χ0) is 16.8. The highest BCUT2D eigenvalue weighted by atomic mass is 19.1. The summed E-state index contributed by atoms with van der Waals surface area (Å²) in [7, 11) is 1.49. The minimum Gasteiger partial charge on any atom is -0.375 e. The predicted molar refractivity (Wildman–Crippen MR) is 84.2 cm³/mol. The summed E-state index contributed by atoms with van der Waals surface area (Å²) in [5.74, 6) is -0.477. The minimum absolute atomic E-state index is 0.0347. The first-order chi connectivity index (χ1) is 11.0. The topological polar surface area (TPSA) is 58.6 Å². The molecular formula is C17H23FN2O3. The van der Waals surface area contributed by atoms with Gasteiger partial charge in [-0.3, -0.25) is 9.59 Å². The third-order valence-corrected chi connectivity index (χ3v) is 4.25. The molecule has 1 aromatic rings. The van der Waals surface area contributed by atoms with Gasteiger partial charge in [-0.15, -0.1) is 0 Å². The number of amides is 2. The quantitative estimate of drug-likeness (QED) is 0.896. The zero-order valence-corrected chi connectivity index (χ0v) is 13.6. The summed E-state index contributed by atoms with van der Waals surface area (Å²) in [6, 6.07) is 4.56. The van der Waals surface area contributed by atoms with Gasteiger partial charge in [0.05, 0.1) is 0 Å². The van der Waals surface area contributed by atoms with Crippen LogP contribution in [-0.4, -0.2) is 43.5 Å². The van der Waals surface area contributed by atoms with Gasteiger partial charge in [0.15, 0.2) is 0 Å². The van der Waals surface area contributed by atoms with Gasteiger partial charge in [-0.25, -0.2) is 4.39 Å². The van der Waals surface area contributed by atoms with Crippen LogP contribution in [-0.2, 0) is 20.9 Å². The zero-order valence-electron chi connectivity index (χ0n) is 13.6. The van der Waals surface area contributed by atoms with E-state index in [0.29, 0.717) is 32.5 Å². The van der Waals surface area contributed by atoms with Crippen molar-refractivity contribution < 1.29 is 18.7 Å². The summed E-state index contributed by atoms with van der Waals surface area (Å²) in [4.78, 5) is 25.7. The summed E-state index contributed by atoms with van der Waals surface area (Å²) < 4.78 is 18.1. The number of methoxy groups -OCH3 is 1. The van der Waals surface area contributed by atoms with E-state index in [2.05, 4.69) is 5.32 Å². The number of hydrogen-bond acceptors (Lipinski definition) is 3. The maximum Gasteiger partial charge on any atom is 0.248 e. The van der Waals surface area contributed by atoms with Gasteiger partial charge in [-0.2, -0.15) is 0 Å². The lowest BCUT2D eigenvalue weighted by atomic mass is 9.95. The molecule has 0 aromatic heterocycles. The highest BCUT2D eigenvalue weighted by Gasteiger charge is 2.27. The molecule has 2 amide bonds. The Hall–Kier alpha value is -1.95. The van der Waals surface area contributed by atoms with Gasteiger partial charge in [-0.05, 0) is 43.0 Å². The molecule has 0 bridgehead atoms. The predicted octanol–water partition coefficient (Wildman–Crippen LogP) is 1.64. The van der Waals surface area contributed by atoms with Crippen molar-refractivity contribution in [1.82, 2.24) is 10.2 Å². The molecule has 1 aliphatic rings.